The molecule has 8 nitrogen and oxygen atoms in total. The first-order chi connectivity index (χ1) is 15.6. The van der Waals surface area contributed by atoms with Crippen molar-refractivity contribution in [1.82, 2.24) is 14.9 Å². The Bertz CT molecular complexity index is 1180. The molecule has 0 radical (unpaired) electrons. The van der Waals surface area contributed by atoms with Crippen molar-refractivity contribution >= 4 is 40.3 Å². The summed E-state index contributed by atoms with van der Waals surface area (Å²) in [4.78, 5) is 0.929. The Balaban J connectivity index is 0.00000141. The van der Waals surface area contributed by atoms with Crippen LogP contribution in [0.25, 0.3) is 11.0 Å². The number of hydrogen-bond acceptors (Lipinski definition) is 8. The lowest BCUT2D eigenvalue weighted by Gasteiger charge is -2.10. The van der Waals surface area contributed by atoms with Gasteiger partial charge in [0, 0.05) is 24.7 Å². The summed E-state index contributed by atoms with van der Waals surface area (Å²) in [6, 6.07) is 9.59. The fourth-order valence-electron chi connectivity index (χ4n) is 3.18. The third kappa shape index (κ3) is 5.29. The summed E-state index contributed by atoms with van der Waals surface area (Å²) in [5, 5.41) is 19.5. The average molecular weight is 476 g/mol. The zero-order chi connectivity index (χ0) is 23.1. The maximum atomic E-state index is 10.6. The summed E-state index contributed by atoms with van der Waals surface area (Å²) in [5.41, 5.74) is 9.12. The number of benzene rings is 2. The van der Waals surface area contributed by atoms with Crippen LogP contribution in [0.4, 0.5) is 5.82 Å². The smallest absolute Gasteiger partial charge is 0.191 e. The van der Waals surface area contributed by atoms with Crippen molar-refractivity contribution in [3.63, 3.8) is 0 Å². The minimum absolute atomic E-state index is 0.0901. The van der Waals surface area contributed by atoms with Crippen molar-refractivity contribution in [3.05, 3.63) is 59.4 Å². The van der Waals surface area contributed by atoms with Gasteiger partial charge in [-0.15, -0.1) is 11.6 Å². The molecule has 10 heteroatoms. The Labute approximate surface area is 195 Å². The van der Waals surface area contributed by atoms with Crippen LogP contribution in [-0.4, -0.2) is 33.5 Å². The van der Waals surface area contributed by atoms with Gasteiger partial charge in [0.2, 0.25) is 0 Å². The molecule has 0 saturated carbocycles. The topological polar surface area (TPSA) is 111 Å². The highest BCUT2D eigenvalue weighted by Gasteiger charge is 2.16. The second kappa shape index (κ2) is 11.1. The monoisotopic (exact) mass is 475 g/mol. The summed E-state index contributed by atoms with van der Waals surface area (Å²) in [5.74, 6) is 1.31. The Hall–Kier alpha value is -2.88. The molecular formula is C22H26ClN5O3S. The number of alkyl halides is 1. The average Bonchev–Trinajstić information content (AvgIpc) is 3.45. The van der Waals surface area contributed by atoms with Gasteiger partial charge in [-0.1, -0.05) is 18.1 Å². The lowest BCUT2D eigenvalue weighted by Crippen LogP contribution is -2.00. The number of nitrogens with two attached hydrogens (primary N) is 1. The van der Waals surface area contributed by atoms with Crippen LogP contribution in [0, 0.1) is 0 Å². The van der Waals surface area contributed by atoms with Gasteiger partial charge < -0.3 is 24.8 Å². The highest BCUT2D eigenvalue weighted by molar-refractivity contribution is 8.00. The van der Waals surface area contributed by atoms with Crippen LogP contribution in [-0.2, 0) is 19.5 Å². The summed E-state index contributed by atoms with van der Waals surface area (Å²) in [7, 11) is 1.64. The molecule has 4 aromatic rings. The van der Waals surface area contributed by atoms with Gasteiger partial charge in [-0.25, -0.2) is 0 Å². The van der Waals surface area contributed by atoms with Gasteiger partial charge in [-0.2, -0.15) is 5.10 Å². The van der Waals surface area contributed by atoms with Crippen LogP contribution in [0.1, 0.15) is 23.6 Å². The first-order valence-electron chi connectivity index (χ1n) is 9.91. The number of nitrogens with one attached hydrogen (secondary N) is 1. The SMILES string of the molecule is CCc1ccc(OC)c(SNc2noc3cc(Cn4cc(CN)cn4)cc(O)c23)c1.CCl. The van der Waals surface area contributed by atoms with E-state index in [4.69, 9.17) is 15.0 Å². The maximum absolute atomic E-state index is 10.6. The summed E-state index contributed by atoms with van der Waals surface area (Å²) in [6.45, 7) is 3.03. The highest BCUT2D eigenvalue weighted by Crippen LogP contribution is 2.37. The van der Waals surface area contributed by atoms with Gasteiger partial charge in [-0.3, -0.25) is 4.68 Å². The van der Waals surface area contributed by atoms with Gasteiger partial charge in [0.1, 0.15) is 16.9 Å². The van der Waals surface area contributed by atoms with Gasteiger partial charge in [0.05, 0.1) is 24.7 Å². The number of methoxy groups -OCH3 is 1. The predicted octanol–water partition coefficient (Wildman–Crippen LogP) is 4.78. The van der Waals surface area contributed by atoms with E-state index in [1.807, 2.05) is 24.4 Å². The zero-order valence-electron chi connectivity index (χ0n) is 18.1. The van der Waals surface area contributed by atoms with E-state index in [0.717, 1.165) is 28.2 Å². The molecule has 0 bridgehead atoms. The number of nitrogens with zero attached hydrogens (tertiary/aromatic N) is 3. The molecule has 2 heterocycles. The molecule has 0 fully saturated rings. The Kier molecular flexibility index (Phi) is 8.26. The molecule has 0 amide bonds. The van der Waals surface area contributed by atoms with E-state index < -0.39 is 0 Å². The number of phenolic OH excluding ortho intramolecular Hbond substituents is 1. The van der Waals surface area contributed by atoms with E-state index in [2.05, 4.69) is 39.6 Å². The van der Waals surface area contributed by atoms with Crippen LogP contribution in [0.2, 0.25) is 0 Å². The van der Waals surface area contributed by atoms with Gasteiger partial charge in [0.15, 0.2) is 11.4 Å². The number of rotatable bonds is 8. The van der Waals surface area contributed by atoms with Crippen molar-refractivity contribution in [2.45, 2.75) is 31.3 Å². The number of phenols is 1. The van der Waals surface area contributed by atoms with E-state index in [1.54, 1.807) is 24.1 Å². The number of aryl methyl sites for hydroxylation is 1. The predicted molar refractivity (Wildman–Crippen MR) is 129 cm³/mol. The van der Waals surface area contributed by atoms with Crippen molar-refractivity contribution in [3.8, 4) is 11.5 Å². The number of fused-ring (bicyclic) bond motifs is 1. The Morgan fingerprint density at radius 3 is 2.72 bits per heavy atom. The first kappa shape index (κ1) is 23.8. The third-order valence-corrected chi connectivity index (χ3v) is 5.61. The van der Waals surface area contributed by atoms with E-state index in [0.29, 0.717) is 29.9 Å². The van der Waals surface area contributed by atoms with Gasteiger partial charge in [0.25, 0.3) is 0 Å². The van der Waals surface area contributed by atoms with Crippen LogP contribution >= 0.6 is 23.5 Å². The van der Waals surface area contributed by atoms with E-state index >= 15 is 0 Å². The molecule has 4 N–H and O–H groups in total. The minimum atomic E-state index is 0.0901. The van der Waals surface area contributed by atoms with Gasteiger partial charge in [-0.05, 0) is 53.8 Å². The fourth-order valence-corrected chi connectivity index (χ4v) is 3.99. The van der Waals surface area contributed by atoms with Crippen molar-refractivity contribution in [2.75, 3.05) is 18.2 Å². The molecule has 2 aromatic heterocycles. The van der Waals surface area contributed by atoms with E-state index in [-0.39, 0.29) is 5.75 Å². The quantitative estimate of drug-likeness (QED) is 0.246. The van der Waals surface area contributed by atoms with Crippen LogP contribution in [0.3, 0.4) is 0 Å². The molecule has 170 valence electrons. The van der Waals surface area contributed by atoms with Crippen LogP contribution < -0.4 is 15.2 Å². The second-order valence-corrected chi connectivity index (χ2v) is 7.66. The van der Waals surface area contributed by atoms with E-state index in [1.165, 1.54) is 23.9 Å². The number of aromatic nitrogens is 3. The first-order valence-corrected chi connectivity index (χ1v) is 11.5. The lowest BCUT2D eigenvalue weighted by atomic mass is 10.1. The molecule has 32 heavy (non-hydrogen) atoms. The number of anilines is 1. The maximum Gasteiger partial charge on any atom is 0.191 e. The van der Waals surface area contributed by atoms with Crippen LogP contribution in [0.15, 0.2) is 52.1 Å². The summed E-state index contributed by atoms with van der Waals surface area (Å²) >= 11 is 6.00. The Morgan fingerprint density at radius 2 is 2.03 bits per heavy atom. The Morgan fingerprint density at radius 1 is 1.22 bits per heavy atom. The molecule has 0 aliphatic carbocycles. The second-order valence-electron chi connectivity index (χ2n) is 6.81. The molecule has 2 aromatic carbocycles. The number of ether oxygens (including phenoxy) is 1. The molecule has 0 aliphatic rings. The van der Waals surface area contributed by atoms with Crippen molar-refractivity contribution < 1.29 is 14.4 Å². The highest BCUT2D eigenvalue weighted by atomic mass is 35.5. The van der Waals surface area contributed by atoms with Crippen LogP contribution in [0.5, 0.6) is 11.5 Å². The number of hydrogen-bond donors (Lipinski definition) is 3. The molecule has 0 spiro atoms. The van der Waals surface area contributed by atoms with Crippen molar-refractivity contribution in [1.29, 1.82) is 0 Å². The lowest BCUT2D eigenvalue weighted by molar-refractivity contribution is 0.404. The normalized spacial score (nSPS) is 10.7. The fraction of sp³-hybridized carbons (Fsp3) is 0.273. The van der Waals surface area contributed by atoms with Gasteiger partial charge >= 0.3 is 0 Å². The van der Waals surface area contributed by atoms with E-state index in [9.17, 15) is 5.11 Å². The zero-order valence-corrected chi connectivity index (χ0v) is 19.7. The molecule has 0 saturated heterocycles. The molecule has 0 aliphatic heterocycles. The number of halogens is 1. The molecule has 4 rings (SSSR count). The third-order valence-electron chi connectivity index (χ3n) is 4.77. The summed E-state index contributed by atoms with van der Waals surface area (Å²) < 4.78 is 15.8. The minimum Gasteiger partial charge on any atom is -0.507 e. The molecular weight excluding hydrogens is 450 g/mol. The molecule has 0 atom stereocenters. The standard InChI is InChI=1S/C21H23N5O3S.CH3Cl/c1-3-13-4-5-17(28-2)19(8-13)30-25-21-20-16(27)6-14(7-18(20)29-24-21)11-26-12-15(9-22)10-23-26;1-2/h4-8,10,12,27H,3,9,11,22H2,1-2H3,(H,24,25);1H3. The summed E-state index contributed by atoms with van der Waals surface area (Å²) in [6.07, 6.45) is 6.01. The number of aromatic hydroxyl groups is 1. The largest absolute Gasteiger partial charge is 0.507 e. The molecule has 0 unspecified atom stereocenters. The van der Waals surface area contributed by atoms with Crippen molar-refractivity contribution in [2.24, 2.45) is 5.73 Å².